The monoisotopic (exact) mass is 340 g/mol. The van der Waals surface area contributed by atoms with Gasteiger partial charge in [0.05, 0.1) is 11.3 Å². The highest BCUT2D eigenvalue weighted by molar-refractivity contribution is 6.00. The first-order valence-corrected chi connectivity index (χ1v) is 7.03. The van der Waals surface area contributed by atoms with Gasteiger partial charge >= 0.3 is 6.18 Å². The van der Waals surface area contributed by atoms with Crippen molar-refractivity contribution < 1.29 is 27.1 Å². The van der Waals surface area contributed by atoms with Crippen molar-refractivity contribution in [3.63, 3.8) is 0 Å². The summed E-state index contributed by atoms with van der Waals surface area (Å²) in [6.45, 7) is 0.199. The molecule has 1 aliphatic heterocycles. The predicted molar refractivity (Wildman–Crippen MR) is 77.1 cm³/mol. The summed E-state index contributed by atoms with van der Waals surface area (Å²) in [6.07, 6.45) is -4.55. The highest BCUT2D eigenvalue weighted by Crippen LogP contribution is 2.37. The molecule has 0 aliphatic carbocycles. The fourth-order valence-corrected chi connectivity index (χ4v) is 2.57. The van der Waals surface area contributed by atoms with Crippen LogP contribution in [0.1, 0.15) is 21.6 Å². The number of carbonyl (C=O) groups excluding carboxylic acids is 1. The Morgan fingerprint density at radius 1 is 1.33 bits per heavy atom. The van der Waals surface area contributed by atoms with Crippen molar-refractivity contribution in [3.8, 4) is 17.0 Å². The van der Waals surface area contributed by atoms with Gasteiger partial charge in [0.2, 0.25) is 0 Å². The van der Waals surface area contributed by atoms with Crippen LogP contribution in [-0.2, 0) is 6.54 Å². The number of hydrogen-bond donors (Lipinski definition) is 1. The second kappa shape index (κ2) is 5.77. The molecule has 1 aliphatic rings. The molecule has 2 aromatic rings. The fourth-order valence-electron chi connectivity index (χ4n) is 2.57. The van der Waals surface area contributed by atoms with Crippen molar-refractivity contribution in [2.45, 2.75) is 19.6 Å². The number of halogens is 4. The van der Waals surface area contributed by atoms with Crippen LogP contribution in [0, 0.1) is 12.7 Å². The van der Waals surface area contributed by atoms with Gasteiger partial charge in [-0.1, -0.05) is 6.07 Å². The lowest BCUT2D eigenvalue weighted by Gasteiger charge is -2.15. The van der Waals surface area contributed by atoms with Gasteiger partial charge in [-0.3, -0.25) is 9.78 Å². The molecule has 0 radical (unpaired) electrons. The van der Waals surface area contributed by atoms with Crippen LogP contribution in [0.4, 0.5) is 17.6 Å². The van der Waals surface area contributed by atoms with Crippen molar-refractivity contribution in [2.75, 3.05) is 6.61 Å². The Bertz CT molecular complexity index is 818. The van der Waals surface area contributed by atoms with Crippen molar-refractivity contribution in [1.82, 2.24) is 10.3 Å². The Morgan fingerprint density at radius 2 is 2.08 bits per heavy atom. The number of carbonyl (C=O) groups is 1. The van der Waals surface area contributed by atoms with E-state index in [9.17, 15) is 22.4 Å². The van der Waals surface area contributed by atoms with Crippen LogP contribution in [0.5, 0.6) is 5.75 Å². The minimum atomic E-state index is -4.55. The Labute approximate surface area is 134 Å². The molecule has 0 fully saturated rings. The lowest BCUT2D eigenvalue weighted by Crippen LogP contribution is -2.19. The molecule has 0 spiro atoms. The molecular formula is C16H12F4N2O2. The lowest BCUT2D eigenvalue weighted by atomic mass is 10.0. The van der Waals surface area contributed by atoms with Gasteiger partial charge in [-0.05, 0) is 25.1 Å². The Kier molecular flexibility index (Phi) is 3.90. The Hall–Kier alpha value is -2.64. The van der Waals surface area contributed by atoms with E-state index in [-0.39, 0.29) is 29.5 Å². The number of hydrogen-bond acceptors (Lipinski definition) is 3. The summed E-state index contributed by atoms with van der Waals surface area (Å²) in [4.78, 5) is 16.0. The van der Waals surface area contributed by atoms with Gasteiger partial charge in [-0.2, -0.15) is 13.2 Å². The lowest BCUT2D eigenvalue weighted by molar-refractivity contribution is -0.153. The molecule has 0 atom stereocenters. The molecule has 126 valence electrons. The number of ether oxygens (including phenoxy) is 1. The van der Waals surface area contributed by atoms with E-state index in [1.165, 1.54) is 12.1 Å². The van der Waals surface area contributed by atoms with E-state index in [0.29, 0.717) is 16.8 Å². The summed E-state index contributed by atoms with van der Waals surface area (Å²) in [5, 5.41) is 2.60. The summed E-state index contributed by atoms with van der Waals surface area (Å²) in [7, 11) is 0. The molecule has 1 aromatic heterocycles. The Balaban J connectivity index is 2.14. The zero-order valence-electron chi connectivity index (χ0n) is 12.5. The third-order valence-electron chi connectivity index (χ3n) is 3.53. The third kappa shape index (κ3) is 3.04. The third-order valence-corrected chi connectivity index (χ3v) is 3.53. The number of aryl methyl sites for hydroxylation is 1. The minimum Gasteiger partial charge on any atom is -0.483 e. The van der Waals surface area contributed by atoms with Crippen LogP contribution in [0.25, 0.3) is 11.3 Å². The van der Waals surface area contributed by atoms with E-state index in [0.717, 1.165) is 6.07 Å². The summed E-state index contributed by atoms with van der Waals surface area (Å²) < 4.78 is 56.4. The number of pyridine rings is 1. The predicted octanol–water partition coefficient (Wildman–Crippen LogP) is 3.38. The van der Waals surface area contributed by atoms with Gasteiger partial charge in [-0.25, -0.2) is 4.39 Å². The van der Waals surface area contributed by atoms with E-state index in [2.05, 4.69) is 10.3 Å². The maximum atomic E-state index is 14.3. The SMILES string of the molecule is Cc1cc2c(c(-c3c(F)cccc3OCC(F)(F)F)n1)CNC2=O. The highest BCUT2D eigenvalue weighted by Gasteiger charge is 2.31. The number of nitrogens with zero attached hydrogens (tertiary/aromatic N) is 1. The van der Waals surface area contributed by atoms with Crippen molar-refractivity contribution in [1.29, 1.82) is 0 Å². The molecule has 1 N–H and O–H groups in total. The first-order valence-electron chi connectivity index (χ1n) is 7.03. The molecule has 8 heteroatoms. The van der Waals surface area contributed by atoms with E-state index >= 15 is 0 Å². The maximum Gasteiger partial charge on any atom is 0.422 e. The molecule has 2 heterocycles. The molecule has 24 heavy (non-hydrogen) atoms. The van der Waals surface area contributed by atoms with Crippen LogP contribution in [-0.4, -0.2) is 23.7 Å². The molecule has 4 nitrogen and oxygen atoms in total. The number of alkyl halides is 3. The minimum absolute atomic E-state index is 0.110. The van der Waals surface area contributed by atoms with Gasteiger partial charge in [0.15, 0.2) is 6.61 Å². The second-order valence-corrected chi connectivity index (χ2v) is 5.34. The number of benzene rings is 1. The topological polar surface area (TPSA) is 51.2 Å². The maximum absolute atomic E-state index is 14.3. The van der Waals surface area contributed by atoms with Gasteiger partial charge in [0, 0.05) is 23.4 Å². The number of nitrogens with one attached hydrogen (secondary N) is 1. The quantitative estimate of drug-likeness (QED) is 0.872. The van der Waals surface area contributed by atoms with Gasteiger partial charge in [0.25, 0.3) is 5.91 Å². The molecule has 1 amide bonds. The van der Waals surface area contributed by atoms with Crippen LogP contribution in [0.3, 0.4) is 0 Å². The summed E-state index contributed by atoms with van der Waals surface area (Å²) in [5.41, 5.74) is 1.15. The van der Waals surface area contributed by atoms with Crippen LogP contribution in [0.2, 0.25) is 0 Å². The molecule has 0 saturated carbocycles. The number of aromatic nitrogens is 1. The number of fused-ring (bicyclic) bond motifs is 1. The average molecular weight is 340 g/mol. The van der Waals surface area contributed by atoms with Gasteiger partial charge in [0.1, 0.15) is 11.6 Å². The van der Waals surface area contributed by atoms with Crippen molar-refractivity contribution >= 4 is 5.91 Å². The van der Waals surface area contributed by atoms with E-state index < -0.39 is 18.6 Å². The molecular weight excluding hydrogens is 328 g/mol. The summed E-state index contributed by atoms with van der Waals surface area (Å²) in [6, 6.07) is 5.16. The molecule has 3 rings (SSSR count). The normalized spacial score (nSPS) is 13.6. The second-order valence-electron chi connectivity index (χ2n) is 5.34. The van der Waals surface area contributed by atoms with Crippen molar-refractivity contribution in [3.05, 3.63) is 46.9 Å². The standard InChI is InChI=1S/C16H12F4N2O2/c1-8-5-9-10(6-21-15(9)23)14(22-8)13-11(17)3-2-4-12(13)24-7-16(18,19)20/h2-5H,6-7H2,1H3,(H,21,23). The molecule has 0 unspecified atom stereocenters. The molecule has 1 aromatic carbocycles. The van der Waals surface area contributed by atoms with E-state index in [1.807, 2.05) is 0 Å². The van der Waals surface area contributed by atoms with Crippen molar-refractivity contribution in [2.24, 2.45) is 0 Å². The first-order chi connectivity index (χ1) is 11.3. The van der Waals surface area contributed by atoms with Crippen LogP contribution < -0.4 is 10.1 Å². The Morgan fingerprint density at radius 3 is 2.79 bits per heavy atom. The van der Waals surface area contributed by atoms with E-state index in [4.69, 9.17) is 4.74 Å². The smallest absolute Gasteiger partial charge is 0.422 e. The molecule has 0 bridgehead atoms. The highest BCUT2D eigenvalue weighted by atomic mass is 19.4. The van der Waals surface area contributed by atoms with Gasteiger partial charge < -0.3 is 10.1 Å². The van der Waals surface area contributed by atoms with Crippen LogP contribution >= 0.6 is 0 Å². The van der Waals surface area contributed by atoms with E-state index in [1.54, 1.807) is 13.0 Å². The average Bonchev–Trinajstić information content (AvgIpc) is 2.85. The molecule has 0 saturated heterocycles. The number of rotatable bonds is 3. The fraction of sp³-hybridized carbons (Fsp3) is 0.250. The van der Waals surface area contributed by atoms with Crippen LogP contribution in [0.15, 0.2) is 24.3 Å². The largest absolute Gasteiger partial charge is 0.483 e. The first kappa shape index (κ1) is 16.2. The number of amides is 1. The van der Waals surface area contributed by atoms with Gasteiger partial charge in [-0.15, -0.1) is 0 Å². The summed E-state index contributed by atoms with van der Waals surface area (Å²) in [5.74, 6) is -1.37. The zero-order chi connectivity index (χ0) is 17.5. The summed E-state index contributed by atoms with van der Waals surface area (Å²) >= 11 is 0. The zero-order valence-corrected chi connectivity index (χ0v) is 12.5.